The van der Waals surface area contributed by atoms with Crippen molar-refractivity contribution in [2.45, 2.75) is 0 Å². The van der Waals surface area contributed by atoms with Gasteiger partial charge in [0.05, 0.1) is 11.1 Å². The fourth-order valence-electron chi connectivity index (χ4n) is 2.17. The van der Waals surface area contributed by atoms with Crippen molar-refractivity contribution < 1.29 is 10.0 Å². The molecule has 0 aliphatic rings. The van der Waals surface area contributed by atoms with Crippen molar-refractivity contribution in [2.75, 3.05) is 0 Å². The lowest BCUT2D eigenvalue weighted by Gasteiger charge is -2.11. The predicted molar refractivity (Wildman–Crippen MR) is 103 cm³/mol. The van der Waals surface area contributed by atoms with Gasteiger partial charge in [0.15, 0.2) is 11.7 Å². The van der Waals surface area contributed by atoms with E-state index in [0.717, 1.165) is 12.3 Å². The van der Waals surface area contributed by atoms with Gasteiger partial charge in [-0.2, -0.15) is 5.10 Å². The van der Waals surface area contributed by atoms with Gasteiger partial charge in [0.25, 0.3) is 5.69 Å². The standard InChI is InChI=1S/C18H13ClN6O3/c19-13-9-12(17(26)15(10-13)25(27)28)11-22-24-18(14-5-1-3-7-20-14)23-16-6-2-4-8-21-16/h1-11,26H,(H,21,23,24)/p-1/b22-11-. The molecule has 140 valence electrons. The summed E-state index contributed by atoms with van der Waals surface area (Å²) in [6.07, 6.45) is 4.32. The predicted octanol–water partition coefficient (Wildman–Crippen LogP) is 2.81. The third-order valence-electron chi connectivity index (χ3n) is 3.42. The van der Waals surface area contributed by atoms with Crippen molar-refractivity contribution in [2.24, 2.45) is 10.1 Å². The summed E-state index contributed by atoms with van der Waals surface area (Å²) < 4.78 is 0. The van der Waals surface area contributed by atoms with Gasteiger partial charge in [0, 0.05) is 23.5 Å². The van der Waals surface area contributed by atoms with Gasteiger partial charge in [-0.1, -0.05) is 23.7 Å². The molecule has 0 saturated carbocycles. The number of nitrogens with one attached hydrogen (secondary N) is 1. The second-order valence-electron chi connectivity index (χ2n) is 5.33. The number of hydrogen-bond donors (Lipinski definition) is 1. The van der Waals surface area contributed by atoms with E-state index in [2.05, 4.69) is 25.5 Å². The van der Waals surface area contributed by atoms with Crippen LogP contribution >= 0.6 is 11.6 Å². The van der Waals surface area contributed by atoms with E-state index < -0.39 is 16.4 Å². The zero-order chi connectivity index (χ0) is 19.9. The Hall–Kier alpha value is -3.85. The number of aromatic nitrogens is 2. The Bertz CT molecular complexity index is 1040. The molecule has 0 fully saturated rings. The molecule has 1 aromatic carbocycles. The summed E-state index contributed by atoms with van der Waals surface area (Å²) >= 11 is 5.84. The molecule has 0 saturated heterocycles. The molecule has 0 aliphatic heterocycles. The summed E-state index contributed by atoms with van der Waals surface area (Å²) in [5.74, 6) is -0.0886. The van der Waals surface area contributed by atoms with Crippen molar-refractivity contribution >= 4 is 35.2 Å². The van der Waals surface area contributed by atoms with Gasteiger partial charge in [0.1, 0.15) is 5.69 Å². The number of hydrazone groups is 1. The zero-order valence-corrected chi connectivity index (χ0v) is 14.9. The smallest absolute Gasteiger partial charge is 0.263 e. The molecule has 2 heterocycles. The van der Waals surface area contributed by atoms with Gasteiger partial charge in [-0.3, -0.25) is 20.5 Å². The van der Waals surface area contributed by atoms with E-state index in [9.17, 15) is 15.2 Å². The van der Waals surface area contributed by atoms with E-state index in [1.807, 2.05) is 0 Å². The minimum absolute atomic E-state index is 0.0371. The van der Waals surface area contributed by atoms with Crippen molar-refractivity contribution in [1.82, 2.24) is 15.4 Å². The highest BCUT2D eigenvalue weighted by Gasteiger charge is 2.11. The van der Waals surface area contributed by atoms with Crippen molar-refractivity contribution in [3.8, 4) is 5.75 Å². The minimum atomic E-state index is -0.791. The Morgan fingerprint density at radius 2 is 1.89 bits per heavy atom. The summed E-state index contributed by atoms with van der Waals surface area (Å²) in [5, 5.41) is 27.1. The van der Waals surface area contributed by atoms with Crippen molar-refractivity contribution in [1.29, 1.82) is 0 Å². The van der Waals surface area contributed by atoms with Crippen LogP contribution in [-0.2, 0) is 0 Å². The summed E-state index contributed by atoms with van der Waals surface area (Å²) in [6.45, 7) is 0. The van der Waals surface area contributed by atoms with E-state index in [-0.39, 0.29) is 16.4 Å². The molecule has 10 heteroatoms. The van der Waals surface area contributed by atoms with Crippen LogP contribution in [0.5, 0.6) is 5.75 Å². The molecule has 1 N–H and O–H groups in total. The average Bonchev–Trinajstić information content (AvgIpc) is 2.70. The molecular formula is C18H12ClN6O3-. The molecule has 0 aliphatic carbocycles. The van der Waals surface area contributed by atoms with Crippen LogP contribution in [0.3, 0.4) is 0 Å². The van der Waals surface area contributed by atoms with Crippen LogP contribution in [0.15, 0.2) is 71.0 Å². The van der Waals surface area contributed by atoms with Crippen LogP contribution < -0.4 is 10.5 Å². The number of nitrogens with zero attached hydrogens (tertiary/aromatic N) is 5. The molecule has 0 bridgehead atoms. The first-order valence-corrected chi connectivity index (χ1v) is 8.27. The van der Waals surface area contributed by atoms with Gasteiger partial charge in [0.2, 0.25) is 0 Å². The van der Waals surface area contributed by atoms with E-state index in [4.69, 9.17) is 11.6 Å². The molecule has 0 unspecified atom stereocenters. The summed E-state index contributed by atoms with van der Waals surface area (Å²) in [4.78, 5) is 22.8. The number of pyridine rings is 2. The number of nitro groups is 1. The highest BCUT2D eigenvalue weighted by molar-refractivity contribution is 6.31. The van der Waals surface area contributed by atoms with Gasteiger partial charge < -0.3 is 5.11 Å². The summed E-state index contributed by atoms with van der Waals surface area (Å²) in [6, 6.07) is 12.8. The highest BCUT2D eigenvalue weighted by Crippen LogP contribution is 2.29. The first-order valence-electron chi connectivity index (χ1n) is 7.90. The zero-order valence-electron chi connectivity index (χ0n) is 14.2. The number of halogens is 1. The second-order valence-corrected chi connectivity index (χ2v) is 5.77. The molecule has 2 aromatic heterocycles. The summed E-state index contributed by atoms with van der Waals surface area (Å²) in [7, 11) is 0. The third kappa shape index (κ3) is 4.65. The second kappa shape index (κ2) is 8.69. The van der Waals surface area contributed by atoms with E-state index in [1.165, 1.54) is 6.07 Å². The van der Waals surface area contributed by atoms with E-state index in [0.29, 0.717) is 11.5 Å². The Balaban J connectivity index is 1.91. The van der Waals surface area contributed by atoms with Crippen LogP contribution in [0.25, 0.3) is 0 Å². The Morgan fingerprint density at radius 1 is 1.14 bits per heavy atom. The highest BCUT2D eigenvalue weighted by atomic mass is 35.5. The van der Waals surface area contributed by atoms with Crippen molar-refractivity contribution in [3.05, 3.63) is 87.3 Å². The molecule has 28 heavy (non-hydrogen) atoms. The quantitative estimate of drug-likeness (QED) is 0.306. The third-order valence-corrected chi connectivity index (χ3v) is 3.63. The first kappa shape index (κ1) is 18.9. The largest absolute Gasteiger partial charge is 0.867 e. The van der Waals surface area contributed by atoms with Crippen LogP contribution in [0.4, 0.5) is 11.5 Å². The van der Waals surface area contributed by atoms with Crippen LogP contribution in [0, 0.1) is 10.1 Å². The monoisotopic (exact) mass is 395 g/mol. The Morgan fingerprint density at radius 3 is 2.54 bits per heavy atom. The van der Waals surface area contributed by atoms with Crippen LogP contribution in [-0.4, -0.2) is 26.9 Å². The number of benzene rings is 1. The van der Waals surface area contributed by atoms with Gasteiger partial charge in [-0.25, -0.2) is 9.98 Å². The average molecular weight is 396 g/mol. The lowest BCUT2D eigenvalue weighted by Crippen LogP contribution is -2.20. The summed E-state index contributed by atoms with van der Waals surface area (Å²) in [5.41, 5.74) is 2.52. The number of amidine groups is 1. The fourth-order valence-corrected chi connectivity index (χ4v) is 2.39. The fraction of sp³-hybridized carbons (Fsp3) is 0. The number of aliphatic imine (C=N–C) groups is 1. The molecule has 3 rings (SSSR count). The van der Waals surface area contributed by atoms with Crippen LogP contribution in [0.2, 0.25) is 5.02 Å². The number of nitro benzene ring substituents is 1. The SMILES string of the molecule is O=[N+]([O-])c1cc(Cl)cc(/C=N\NC(=Nc2ccccn2)c2ccccn2)c1[O-]. The lowest BCUT2D eigenvalue weighted by molar-refractivity contribution is -0.398. The topological polar surface area (TPSA) is 129 Å². The minimum Gasteiger partial charge on any atom is -0.867 e. The number of hydrogen-bond acceptors (Lipinski definition) is 7. The maximum Gasteiger partial charge on any atom is 0.263 e. The maximum atomic E-state index is 12.1. The molecule has 9 nitrogen and oxygen atoms in total. The van der Waals surface area contributed by atoms with Gasteiger partial charge in [-0.15, -0.1) is 0 Å². The normalized spacial score (nSPS) is 11.5. The maximum absolute atomic E-state index is 12.1. The molecule has 0 amide bonds. The van der Waals surface area contributed by atoms with E-state index >= 15 is 0 Å². The molecule has 3 aromatic rings. The van der Waals surface area contributed by atoms with E-state index in [1.54, 1.807) is 48.8 Å². The Labute approximate surface area is 164 Å². The van der Waals surface area contributed by atoms with Gasteiger partial charge >= 0.3 is 0 Å². The Kier molecular flexibility index (Phi) is 5.87. The van der Waals surface area contributed by atoms with Gasteiger partial charge in [-0.05, 0) is 41.6 Å². The number of rotatable bonds is 5. The molecule has 0 atom stereocenters. The van der Waals surface area contributed by atoms with Crippen molar-refractivity contribution in [3.63, 3.8) is 0 Å². The molecule has 0 radical (unpaired) electrons. The van der Waals surface area contributed by atoms with Crippen LogP contribution in [0.1, 0.15) is 11.3 Å². The lowest BCUT2D eigenvalue weighted by atomic mass is 10.2. The molecule has 0 spiro atoms. The first-order chi connectivity index (χ1) is 13.5. The molecular weight excluding hydrogens is 384 g/mol.